The van der Waals surface area contributed by atoms with Crippen molar-refractivity contribution in [3.63, 3.8) is 0 Å². The number of rotatable bonds is 11. The maximum atomic E-state index is 4.45. The molecular weight excluding hydrogens is 258 g/mol. The van der Waals surface area contributed by atoms with Crippen molar-refractivity contribution in [1.82, 2.24) is 0 Å². The average Bonchev–Trinajstić information content (AvgIpc) is 2.41. The van der Waals surface area contributed by atoms with E-state index >= 15 is 0 Å². The fourth-order valence-electron chi connectivity index (χ4n) is 1.61. The number of hydrogen-bond donors (Lipinski definition) is 0. The van der Waals surface area contributed by atoms with E-state index < -0.39 is 0 Å². The maximum Gasteiger partial charge on any atom is 0.0581 e. The molecule has 0 aromatic rings. The molecule has 0 saturated heterocycles. The monoisotopic (exact) mass is 288 g/mol. The lowest BCUT2D eigenvalue weighted by Crippen LogP contribution is -1.95. The second-order valence-corrected chi connectivity index (χ2v) is 10.1. The third-order valence-corrected chi connectivity index (χ3v) is 8.02. The first-order valence-corrected chi connectivity index (χ1v) is 11.0. The van der Waals surface area contributed by atoms with Crippen molar-refractivity contribution in [3.8, 4) is 0 Å². The molecule has 0 spiro atoms. The summed E-state index contributed by atoms with van der Waals surface area (Å²) in [6.07, 6.45) is 12.0. The van der Waals surface area contributed by atoms with Crippen molar-refractivity contribution < 1.29 is 0 Å². The zero-order valence-corrected chi connectivity index (χ0v) is 14.4. The van der Waals surface area contributed by atoms with Crippen LogP contribution in [0.1, 0.15) is 27.7 Å². The molecule has 0 atom stereocenters. The Hall–Kier alpha value is 0.200. The van der Waals surface area contributed by atoms with Crippen LogP contribution in [0.5, 0.6) is 0 Å². The molecule has 0 aliphatic heterocycles. The second kappa shape index (κ2) is 13.6. The quantitative estimate of drug-likeness (QED) is 0.310. The molecule has 0 radical (unpaired) electrons. The lowest BCUT2D eigenvalue weighted by molar-refractivity contribution is 0.983. The van der Waals surface area contributed by atoms with Gasteiger partial charge in [-0.25, -0.2) is 0 Å². The highest BCUT2D eigenvalue weighted by Gasteiger charge is 1.99. The van der Waals surface area contributed by atoms with Crippen LogP contribution < -0.4 is 0 Å². The summed E-state index contributed by atoms with van der Waals surface area (Å²) >= 11 is 0. The van der Waals surface area contributed by atoms with Gasteiger partial charge in [0.05, 0.1) is 13.1 Å². The standard InChI is InChI=1S/C14H30N2P2/c1-5-17(6-2)13-11-15-9-10-16-12-14-18(7-3)8-4/h11-12H,5-10,13-14H2,1-4H3. The van der Waals surface area contributed by atoms with Crippen LogP contribution in [0.25, 0.3) is 0 Å². The van der Waals surface area contributed by atoms with E-state index in [-0.39, 0.29) is 15.8 Å². The molecule has 0 saturated carbocycles. The molecule has 0 N–H and O–H groups in total. The van der Waals surface area contributed by atoms with E-state index in [1.165, 1.54) is 37.0 Å². The van der Waals surface area contributed by atoms with Crippen molar-refractivity contribution in [1.29, 1.82) is 0 Å². The van der Waals surface area contributed by atoms with Crippen LogP contribution in [-0.2, 0) is 0 Å². The fourth-order valence-corrected chi connectivity index (χ4v) is 4.23. The molecule has 18 heavy (non-hydrogen) atoms. The summed E-state index contributed by atoms with van der Waals surface area (Å²) in [6.45, 7) is 10.9. The molecule has 2 nitrogen and oxygen atoms in total. The highest BCUT2D eigenvalue weighted by atomic mass is 31.1. The summed E-state index contributed by atoms with van der Waals surface area (Å²) in [5, 5.41) is 0. The molecule has 0 unspecified atom stereocenters. The van der Waals surface area contributed by atoms with E-state index in [4.69, 9.17) is 0 Å². The van der Waals surface area contributed by atoms with Crippen molar-refractivity contribution in [3.05, 3.63) is 0 Å². The first kappa shape index (κ1) is 18.2. The van der Waals surface area contributed by atoms with Gasteiger partial charge in [0.15, 0.2) is 0 Å². The predicted octanol–water partition coefficient (Wildman–Crippen LogP) is 4.17. The Morgan fingerprint density at radius 2 is 1.00 bits per heavy atom. The normalized spacial score (nSPS) is 12.6. The van der Waals surface area contributed by atoms with E-state index in [0.29, 0.717) is 0 Å². The Bertz CT molecular complexity index is 198. The molecule has 4 heteroatoms. The van der Waals surface area contributed by atoms with Gasteiger partial charge in [-0.1, -0.05) is 27.7 Å². The zero-order valence-electron chi connectivity index (χ0n) is 12.6. The van der Waals surface area contributed by atoms with Crippen LogP contribution in [0.3, 0.4) is 0 Å². The van der Waals surface area contributed by atoms with Gasteiger partial charge >= 0.3 is 0 Å². The number of aliphatic imine (C=N–C) groups is 2. The van der Waals surface area contributed by atoms with E-state index in [9.17, 15) is 0 Å². The van der Waals surface area contributed by atoms with Crippen molar-refractivity contribution >= 4 is 28.3 Å². The molecule has 0 aliphatic carbocycles. The van der Waals surface area contributed by atoms with Gasteiger partial charge in [0, 0.05) is 24.8 Å². The molecule has 0 amide bonds. The third kappa shape index (κ3) is 10.2. The van der Waals surface area contributed by atoms with Crippen LogP contribution >= 0.6 is 15.8 Å². The van der Waals surface area contributed by atoms with Crippen molar-refractivity contribution in [2.45, 2.75) is 27.7 Å². The van der Waals surface area contributed by atoms with Gasteiger partial charge in [-0.2, -0.15) is 0 Å². The molecule has 0 aromatic carbocycles. The Morgan fingerprint density at radius 1 is 0.667 bits per heavy atom. The highest BCUT2D eigenvalue weighted by Crippen LogP contribution is 2.32. The molecule has 0 aliphatic rings. The minimum atomic E-state index is 0.218. The van der Waals surface area contributed by atoms with Gasteiger partial charge in [-0.05, 0) is 24.6 Å². The Morgan fingerprint density at radius 3 is 1.28 bits per heavy atom. The van der Waals surface area contributed by atoms with Crippen LogP contribution in [-0.4, -0.2) is 62.5 Å². The smallest absolute Gasteiger partial charge is 0.0581 e. The lowest BCUT2D eigenvalue weighted by Gasteiger charge is -2.08. The van der Waals surface area contributed by atoms with Crippen LogP contribution in [0.4, 0.5) is 0 Å². The van der Waals surface area contributed by atoms with Gasteiger partial charge in [0.2, 0.25) is 0 Å². The largest absolute Gasteiger partial charge is 0.295 e. The summed E-state index contributed by atoms with van der Waals surface area (Å²) in [5.74, 6) is 0. The zero-order chi connectivity index (χ0) is 13.6. The van der Waals surface area contributed by atoms with Gasteiger partial charge in [-0.15, -0.1) is 15.8 Å². The summed E-state index contributed by atoms with van der Waals surface area (Å²) in [7, 11) is 0.436. The third-order valence-electron chi connectivity index (χ3n) is 3.08. The van der Waals surface area contributed by atoms with Crippen molar-refractivity contribution in [2.24, 2.45) is 9.98 Å². The van der Waals surface area contributed by atoms with E-state index in [2.05, 4.69) is 50.1 Å². The van der Waals surface area contributed by atoms with E-state index in [1.54, 1.807) is 0 Å². The van der Waals surface area contributed by atoms with Crippen LogP contribution in [0.2, 0.25) is 0 Å². The van der Waals surface area contributed by atoms with E-state index in [1.807, 2.05) is 0 Å². The first-order chi connectivity index (χ1) is 8.78. The Labute approximate surface area is 116 Å². The molecule has 0 rings (SSSR count). The second-order valence-electron chi connectivity index (χ2n) is 4.15. The van der Waals surface area contributed by atoms with Crippen LogP contribution in [0, 0.1) is 0 Å². The van der Waals surface area contributed by atoms with Gasteiger partial charge in [0.1, 0.15) is 0 Å². The maximum absolute atomic E-state index is 4.45. The highest BCUT2D eigenvalue weighted by molar-refractivity contribution is 7.58. The molecule has 0 bridgehead atoms. The lowest BCUT2D eigenvalue weighted by atomic mass is 10.6. The minimum absolute atomic E-state index is 0.218. The minimum Gasteiger partial charge on any atom is -0.295 e. The summed E-state index contributed by atoms with van der Waals surface area (Å²) in [6, 6.07) is 0. The summed E-state index contributed by atoms with van der Waals surface area (Å²) in [5.41, 5.74) is 0. The molecule has 0 heterocycles. The fraction of sp³-hybridized carbons (Fsp3) is 0.857. The van der Waals surface area contributed by atoms with Gasteiger partial charge < -0.3 is 0 Å². The van der Waals surface area contributed by atoms with E-state index in [0.717, 1.165) is 13.1 Å². The Kier molecular flexibility index (Phi) is 13.8. The molecule has 0 fully saturated rings. The molecular formula is C14H30N2P2. The molecule has 106 valence electrons. The number of hydrogen-bond acceptors (Lipinski definition) is 2. The van der Waals surface area contributed by atoms with Crippen LogP contribution in [0.15, 0.2) is 9.98 Å². The average molecular weight is 288 g/mol. The SMILES string of the molecule is CCP(CC)CC=NCCN=CCP(CC)CC. The van der Waals surface area contributed by atoms with Crippen molar-refractivity contribution in [2.75, 3.05) is 50.1 Å². The summed E-state index contributed by atoms with van der Waals surface area (Å²) < 4.78 is 0. The topological polar surface area (TPSA) is 24.7 Å². The number of nitrogens with zero attached hydrogens (tertiary/aromatic N) is 2. The van der Waals surface area contributed by atoms with Gasteiger partial charge in [0.25, 0.3) is 0 Å². The molecule has 0 aromatic heterocycles. The predicted molar refractivity (Wildman–Crippen MR) is 92.5 cm³/mol. The first-order valence-electron chi connectivity index (χ1n) is 7.19. The Balaban J connectivity index is 3.54. The summed E-state index contributed by atoms with van der Waals surface area (Å²) in [4.78, 5) is 8.89. The van der Waals surface area contributed by atoms with Gasteiger partial charge in [-0.3, -0.25) is 9.98 Å².